The van der Waals surface area contributed by atoms with Gasteiger partial charge in [-0.3, -0.25) is 9.59 Å². The molecule has 0 aromatic carbocycles. The summed E-state index contributed by atoms with van der Waals surface area (Å²) in [5, 5.41) is 9.25. The Hall–Kier alpha value is -1.10. The smallest absolute Gasteiger partial charge is 0.208 e. The lowest BCUT2D eigenvalue weighted by Gasteiger charge is -2.20. The lowest BCUT2D eigenvalue weighted by atomic mass is 10.2. The number of nitrogens with zero attached hydrogens (tertiary/aromatic N) is 1. The van der Waals surface area contributed by atoms with Crippen molar-refractivity contribution in [3.05, 3.63) is 0 Å². The van der Waals surface area contributed by atoms with E-state index < -0.39 is 0 Å². The van der Waals surface area contributed by atoms with Gasteiger partial charge in [0.15, 0.2) is 0 Å². The molecule has 2 N–H and O–H groups in total. The van der Waals surface area contributed by atoms with Gasteiger partial charge in [0.1, 0.15) is 6.17 Å². The Labute approximate surface area is 70.9 Å². The molecule has 5 heteroatoms. The van der Waals surface area contributed by atoms with E-state index in [1.165, 1.54) is 0 Å². The Bertz CT molecular complexity index is 147. The zero-order valence-corrected chi connectivity index (χ0v) is 6.69. The minimum absolute atomic E-state index is 0.0420. The molecule has 1 aliphatic rings. The summed E-state index contributed by atoms with van der Waals surface area (Å²) in [6.07, 6.45) is 2.78. The Morgan fingerprint density at radius 1 is 1.33 bits per heavy atom. The average molecular weight is 170 g/mol. The highest BCUT2D eigenvalue weighted by molar-refractivity contribution is 5.51. The molecular weight excluding hydrogens is 158 g/mol. The van der Waals surface area contributed by atoms with Crippen LogP contribution in [0.5, 0.6) is 0 Å². The fraction of sp³-hybridized carbons (Fsp3) is 0.714. The number of rotatable bonds is 5. The molecule has 1 heterocycles. The largest absolute Gasteiger partial charge is 0.337 e. The van der Waals surface area contributed by atoms with Crippen LogP contribution in [0.3, 0.4) is 0 Å². The third-order valence-corrected chi connectivity index (χ3v) is 1.90. The maximum absolute atomic E-state index is 10.1. The molecule has 0 aromatic rings. The highest BCUT2D eigenvalue weighted by atomic mass is 16.1. The van der Waals surface area contributed by atoms with E-state index in [2.05, 4.69) is 16.0 Å². The highest BCUT2D eigenvalue weighted by Gasteiger charge is 2.24. The van der Waals surface area contributed by atoms with Crippen LogP contribution in [0.1, 0.15) is 12.8 Å². The Kier molecular flexibility index (Phi) is 3.53. The molecule has 5 nitrogen and oxygen atoms in total. The first kappa shape index (κ1) is 8.99. The van der Waals surface area contributed by atoms with Crippen LogP contribution in [0.2, 0.25) is 0 Å². The van der Waals surface area contributed by atoms with Crippen molar-refractivity contribution in [2.75, 3.05) is 6.54 Å². The number of carbonyl (C=O) groups is 2. The van der Waals surface area contributed by atoms with Gasteiger partial charge in [0.25, 0.3) is 0 Å². The molecule has 0 bridgehead atoms. The summed E-state index contributed by atoms with van der Waals surface area (Å²) in [6.45, 7) is 0.822. The SMILES string of the molecule is O=CNC(NC=O)C1CCC[N]1. The van der Waals surface area contributed by atoms with E-state index in [-0.39, 0.29) is 12.2 Å². The molecule has 1 fully saturated rings. The van der Waals surface area contributed by atoms with Gasteiger partial charge in [0, 0.05) is 6.54 Å². The van der Waals surface area contributed by atoms with Crippen molar-refractivity contribution in [3.63, 3.8) is 0 Å². The van der Waals surface area contributed by atoms with Crippen LogP contribution in [0, 0.1) is 0 Å². The fourth-order valence-electron chi connectivity index (χ4n) is 1.34. The molecule has 0 aromatic heterocycles. The summed E-state index contributed by atoms with van der Waals surface area (Å²) in [6, 6.07) is 0.0420. The van der Waals surface area contributed by atoms with Crippen molar-refractivity contribution in [3.8, 4) is 0 Å². The molecule has 1 atom stereocenters. The van der Waals surface area contributed by atoms with Gasteiger partial charge < -0.3 is 10.6 Å². The van der Waals surface area contributed by atoms with Crippen molar-refractivity contribution in [2.45, 2.75) is 25.0 Å². The molecule has 0 saturated carbocycles. The number of hydrogen-bond acceptors (Lipinski definition) is 2. The van der Waals surface area contributed by atoms with Crippen LogP contribution in [-0.4, -0.2) is 31.6 Å². The standard InChI is InChI=1S/C7H12N3O2/c11-4-9-7(10-5-12)6-2-1-3-8-6/h4-7H,1-3H2,(H,9,11)(H,10,12). The van der Waals surface area contributed by atoms with Gasteiger partial charge in [-0.15, -0.1) is 0 Å². The zero-order valence-electron chi connectivity index (χ0n) is 6.69. The quantitative estimate of drug-likeness (QED) is 0.392. The molecular formula is C7H12N3O2. The normalized spacial score (nSPS) is 22.2. The molecule has 1 aliphatic heterocycles. The van der Waals surface area contributed by atoms with E-state index in [1.54, 1.807) is 0 Å². The van der Waals surface area contributed by atoms with Crippen LogP contribution < -0.4 is 16.0 Å². The summed E-state index contributed by atoms with van der Waals surface area (Å²) in [4.78, 5) is 20.3. The minimum Gasteiger partial charge on any atom is -0.337 e. The van der Waals surface area contributed by atoms with E-state index in [4.69, 9.17) is 0 Å². The molecule has 1 unspecified atom stereocenters. The van der Waals surface area contributed by atoms with Gasteiger partial charge in [-0.05, 0) is 12.8 Å². The second kappa shape index (κ2) is 4.71. The predicted octanol–water partition coefficient (Wildman–Crippen LogP) is -1.43. The number of amides is 2. The second-order valence-corrected chi connectivity index (χ2v) is 2.66. The van der Waals surface area contributed by atoms with E-state index in [9.17, 15) is 9.59 Å². The topological polar surface area (TPSA) is 72.3 Å². The van der Waals surface area contributed by atoms with Crippen LogP contribution in [0.4, 0.5) is 0 Å². The molecule has 1 saturated heterocycles. The van der Waals surface area contributed by atoms with Crippen molar-refractivity contribution in [1.29, 1.82) is 0 Å². The average Bonchev–Trinajstić information content (AvgIpc) is 2.56. The van der Waals surface area contributed by atoms with E-state index in [0.717, 1.165) is 19.4 Å². The van der Waals surface area contributed by atoms with Gasteiger partial charge in [-0.25, -0.2) is 5.32 Å². The first-order valence-corrected chi connectivity index (χ1v) is 3.94. The van der Waals surface area contributed by atoms with Crippen LogP contribution in [0.15, 0.2) is 0 Å². The van der Waals surface area contributed by atoms with Crippen molar-refractivity contribution in [2.24, 2.45) is 0 Å². The van der Waals surface area contributed by atoms with E-state index >= 15 is 0 Å². The summed E-state index contributed by atoms with van der Waals surface area (Å²) in [5.74, 6) is 0. The van der Waals surface area contributed by atoms with Crippen molar-refractivity contribution in [1.82, 2.24) is 16.0 Å². The first-order chi connectivity index (χ1) is 5.88. The Morgan fingerprint density at radius 3 is 2.42 bits per heavy atom. The number of carbonyl (C=O) groups excluding carboxylic acids is 2. The molecule has 1 rings (SSSR count). The van der Waals surface area contributed by atoms with Gasteiger partial charge in [-0.1, -0.05) is 0 Å². The van der Waals surface area contributed by atoms with Crippen LogP contribution in [0.25, 0.3) is 0 Å². The van der Waals surface area contributed by atoms with Gasteiger partial charge in [0.05, 0.1) is 6.04 Å². The third kappa shape index (κ3) is 2.20. The van der Waals surface area contributed by atoms with Gasteiger partial charge in [0.2, 0.25) is 12.8 Å². The fourth-order valence-corrected chi connectivity index (χ4v) is 1.34. The van der Waals surface area contributed by atoms with Crippen molar-refractivity contribution >= 4 is 12.8 Å². The summed E-state index contributed by atoms with van der Waals surface area (Å²) in [7, 11) is 0. The van der Waals surface area contributed by atoms with Crippen LogP contribution in [-0.2, 0) is 9.59 Å². The third-order valence-electron chi connectivity index (χ3n) is 1.90. The minimum atomic E-state index is -0.331. The van der Waals surface area contributed by atoms with Crippen LogP contribution >= 0.6 is 0 Å². The second-order valence-electron chi connectivity index (χ2n) is 2.66. The number of hydrogen-bond donors (Lipinski definition) is 2. The Balaban J connectivity index is 2.38. The molecule has 2 amide bonds. The number of nitrogens with one attached hydrogen (secondary N) is 2. The lowest BCUT2D eigenvalue weighted by Crippen LogP contribution is -2.51. The zero-order chi connectivity index (χ0) is 8.81. The molecule has 0 aliphatic carbocycles. The molecule has 1 radical (unpaired) electrons. The first-order valence-electron chi connectivity index (χ1n) is 3.94. The molecule has 12 heavy (non-hydrogen) atoms. The summed E-state index contributed by atoms with van der Waals surface area (Å²) >= 11 is 0. The Morgan fingerprint density at radius 2 is 2.00 bits per heavy atom. The van der Waals surface area contributed by atoms with Crippen molar-refractivity contribution < 1.29 is 9.59 Å². The van der Waals surface area contributed by atoms with E-state index in [1.807, 2.05) is 0 Å². The summed E-state index contributed by atoms with van der Waals surface area (Å²) in [5.41, 5.74) is 0. The maximum Gasteiger partial charge on any atom is 0.208 e. The predicted molar refractivity (Wildman–Crippen MR) is 42.2 cm³/mol. The molecule has 67 valence electrons. The van der Waals surface area contributed by atoms with Gasteiger partial charge >= 0.3 is 0 Å². The van der Waals surface area contributed by atoms with E-state index in [0.29, 0.717) is 12.8 Å². The lowest BCUT2D eigenvalue weighted by molar-refractivity contribution is -0.112. The monoisotopic (exact) mass is 170 g/mol. The summed E-state index contributed by atoms with van der Waals surface area (Å²) < 4.78 is 0. The maximum atomic E-state index is 10.1. The van der Waals surface area contributed by atoms with Gasteiger partial charge in [-0.2, -0.15) is 0 Å². The molecule has 0 spiro atoms. The highest BCUT2D eigenvalue weighted by Crippen LogP contribution is 2.08.